The Bertz CT molecular complexity index is 2930. The van der Waals surface area contributed by atoms with E-state index in [1.165, 1.54) is 27.3 Å². The predicted molar refractivity (Wildman–Crippen MR) is 294 cm³/mol. The van der Waals surface area contributed by atoms with Crippen molar-refractivity contribution in [1.82, 2.24) is 24.5 Å². The predicted octanol–water partition coefficient (Wildman–Crippen LogP) is 12.8. The molecule has 3 amide bonds. The third-order valence-electron chi connectivity index (χ3n) is 15.0. The molecule has 5 aromatic rings. The number of halogens is 1. The van der Waals surface area contributed by atoms with Crippen molar-refractivity contribution in [3.05, 3.63) is 111 Å². The van der Waals surface area contributed by atoms with Crippen LogP contribution in [0.25, 0.3) is 33.3 Å². The van der Waals surface area contributed by atoms with E-state index in [0.29, 0.717) is 45.4 Å². The van der Waals surface area contributed by atoms with Crippen LogP contribution in [0, 0.1) is 5.41 Å². The molecular weight excluding hydrogens is 1030 g/mol. The van der Waals surface area contributed by atoms with E-state index in [9.17, 15) is 19.2 Å². The molecule has 4 aliphatic rings. The number of hydrogen-bond acceptors (Lipinski definition) is 11. The number of morpholine rings is 1. The normalized spacial score (nSPS) is 20.2. The topological polar surface area (TPSA) is 151 Å². The zero-order chi connectivity index (χ0) is 54.4. The van der Waals surface area contributed by atoms with Gasteiger partial charge in [-0.1, -0.05) is 78.3 Å². The number of nitrogens with zero attached hydrogens (tertiary/aromatic N) is 5. The highest BCUT2D eigenvalue weighted by atomic mass is 79.9. The van der Waals surface area contributed by atoms with Gasteiger partial charge in [0.2, 0.25) is 0 Å². The molecule has 2 aromatic heterocycles. The highest BCUT2D eigenvalue weighted by Crippen LogP contribution is 2.47. The summed E-state index contributed by atoms with van der Waals surface area (Å²) < 4.78 is 39.3. The molecule has 406 valence electrons. The number of piperidine rings is 1. The van der Waals surface area contributed by atoms with Gasteiger partial charge in [-0.25, -0.2) is 24.2 Å². The molecule has 3 saturated heterocycles. The van der Waals surface area contributed by atoms with E-state index in [1.807, 2.05) is 30.2 Å². The molecule has 0 radical (unpaired) electrons. The van der Waals surface area contributed by atoms with Gasteiger partial charge in [-0.15, -0.1) is 0 Å². The Morgan fingerprint density at radius 1 is 0.803 bits per heavy atom. The summed E-state index contributed by atoms with van der Waals surface area (Å²) in [4.78, 5) is 63.1. The van der Waals surface area contributed by atoms with Crippen LogP contribution in [0.1, 0.15) is 141 Å². The lowest BCUT2D eigenvalue weighted by Gasteiger charge is -2.47. The quantitative estimate of drug-likeness (QED) is 0.0867. The molecule has 76 heavy (non-hydrogen) atoms. The minimum atomic E-state index is -1.12. The second-order valence-corrected chi connectivity index (χ2v) is 24.5. The summed E-state index contributed by atoms with van der Waals surface area (Å²) in [5.41, 5.74) is 8.26. The Hall–Kier alpha value is -5.97. The molecule has 5 heterocycles. The van der Waals surface area contributed by atoms with Crippen LogP contribution >= 0.6 is 15.9 Å². The molecule has 3 aromatic carbocycles. The fourth-order valence-corrected chi connectivity index (χ4v) is 12.0. The molecule has 15 nitrogen and oxygen atoms in total. The van der Waals surface area contributed by atoms with Gasteiger partial charge in [-0.3, -0.25) is 9.88 Å². The fourth-order valence-electron chi connectivity index (χ4n) is 11.7. The SMILES string of the molecule is CCn1c(-c2cc(C3C[C@H]4COC[C@@H](C3)N4C(=O)OCC3c4ccccc4-c4ccccc43)cnc2[C@H](C)OC)c(CC(C)(C)COC(=O)[C@@H]2CCCN(C(=O)OC(C)(C)C)N2C(=O)OC(C)(C)C)c2cc(Br)ccc21. The fraction of sp³-hybridized carbons (Fsp3) is 0.517. The Labute approximate surface area is 455 Å². The number of carbonyl (C=O) groups is 4. The van der Waals surface area contributed by atoms with Crippen LogP contribution in [0.4, 0.5) is 14.4 Å². The first kappa shape index (κ1) is 54.8. The van der Waals surface area contributed by atoms with Crippen molar-refractivity contribution in [2.75, 3.05) is 40.1 Å². The average molecular weight is 1110 g/mol. The first-order valence-corrected chi connectivity index (χ1v) is 27.6. The molecule has 3 fully saturated rings. The van der Waals surface area contributed by atoms with Gasteiger partial charge in [0, 0.05) is 58.7 Å². The largest absolute Gasteiger partial charge is 0.464 e. The van der Waals surface area contributed by atoms with Crippen molar-refractivity contribution >= 4 is 51.1 Å². The lowest BCUT2D eigenvalue weighted by molar-refractivity contribution is -0.164. The number of fused-ring (bicyclic) bond motifs is 6. The van der Waals surface area contributed by atoms with Gasteiger partial charge in [0.15, 0.2) is 6.04 Å². The molecular formula is C60H74BrN5O10. The molecule has 0 spiro atoms. The Morgan fingerprint density at radius 3 is 2.05 bits per heavy atom. The number of aryl methyl sites for hydroxylation is 1. The summed E-state index contributed by atoms with van der Waals surface area (Å²) in [6.45, 7) is 20.6. The van der Waals surface area contributed by atoms with Crippen molar-refractivity contribution < 1.29 is 47.6 Å². The van der Waals surface area contributed by atoms with Crippen molar-refractivity contribution in [3.8, 4) is 22.4 Å². The molecule has 16 heteroatoms. The molecule has 2 bridgehead atoms. The van der Waals surface area contributed by atoms with E-state index in [2.05, 4.69) is 102 Å². The van der Waals surface area contributed by atoms with E-state index >= 15 is 0 Å². The summed E-state index contributed by atoms with van der Waals surface area (Å²) >= 11 is 3.77. The minimum Gasteiger partial charge on any atom is -0.464 e. The van der Waals surface area contributed by atoms with Gasteiger partial charge in [0.05, 0.1) is 49.4 Å². The second kappa shape index (κ2) is 21.8. The Morgan fingerprint density at radius 2 is 1.43 bits per heavy atom. The van der Waals surface area contributed by atoms with Gasteiger partial charge in [-0.2, -0.15) is 5.01 Å². The minimum absolute atomic E-state index is 0.00981. The zero-order valence-electron chi connectivity index (χ0n) is 45.9. The molecule has 3 aliphatic heterocycles. The van der Waals surface area contributed by atoms with Crippen molar-refractivity contribution in [3.63, 3.8) is 0 Å². The lowest BCUT2D eigenvalue weighted by atomic mass is 9.80. The number of benzene rings is 3. The third kappa shape index (κ3) is 11.4. The third-order valence-corrected chi connectivity index (χ3v) is 15.5. The van der Waals surface area contributed by atoms with Gasteiger partial charge in [-0.05, 0) is 151 Å². The van der Waals surface area contributed by atoms with Gasteiger partial charge < -0.3 is 33.0 Å². The number of pyridine rings is 1. The highest BCUT2D eigenvalue weighted by Gasteiger charge is 2.46. The average Bonchev–Trinajstić information content (AvgIpc) is 3.86. The van der Waals surface area contributed by atoms with Crippen molar-refractivity contribution in [1.29, 1.82) is 0 Å². The van der Waals surface area contributed by atoms with Crippen LogP contribution in [0.15, 0.2) is 83.5 Å². The van der Waals surface area contributed by atoms with E-state index in [-0.39, 0.29) is 62.3 Å². The van der Waals surface area contributed by atoms with E-state index in [0.717, 1.165) is 48.5 Å². The monoisotopic (exact) mass is 1100 g/mol. The second-order valence-electron chi connectivity index (χ2n) is 23.6. The molecule has 1 unspecified atom stereocenters. The number of methoxy groups -OCH3 is 1. The van der Waals surface area contributed by atoms with Crippen molar-refractivity contribution in [2.24, 2.45) is 5.41 Å². The summed E-state index contributed by atoms with van der Waals surface area (Å²) in [6, 6.07) is 23.9. The number of rotatable bonds is 12. The van der Waals surface area contributed by atoms with Crippen LogP contribution in [0.5, 0.6) is 0 Å². The smallest absolute Gasteiger partial charge is 0.430 e. The highest BCUT2D eigenvalue weighted by molar-refractivity contribution is 9.10. The number of hydrazine groups is 1. The van der Waals surface area contributed by atoms with Gasteiger partial charge in [0.1, 0.15) is 17.8 Å². The standard InChI is InChI=1S/C60H74BrN5O10/c1-12-63-50-24-23-39(61)29-46(50)48(30-60(9,10)35-74-54(67)51-22-17-25-64(55(68)75-58(3,4)5)66(51)57(70)76-59(6,7)8)53(63)47-28-38(31-62-52(47)36(2)71-11)37-26-40-32-72-33-41(27-37)65(40)56(69)73-34-49-44-20-15-13-18-42(44)43-19-14-16-21-45(43)49/h13-16,18-21,23-24,28-29,31,36-37,40-41,49,51H,12,17,22,25-27,30,32-35H2,1-11H3/t36-,37?,40-,41+,51-/m0/s1. The van der Waals surface area contributed by atoms with Crippen molar-refractivity contribution in [2.45, 2.75) is 155 Å². The maximum Gasteiger partial charge on any atom is 0.430 e. The Kier molecular flexibility index (Phi) is 15.7. The zero-order valence-corrected chi connectivity index (χ0v) is 47.5. The van der Waals surface area contributed by atoms with E-state index in [4.69, 9.17) is 33.4 Å². The molecule has 0 saturated carbocycles. The number of ether oxygens (including phenoxy) is 6. The number of hydrogen-bond donors (Lipinski definition) is 0. The number of esters is 1. The van der Waals surface area contributed by atoms with Gasteiger partial charge >= 0.3 is 24.2 Å². The number of aromatic nitrogens is 2. The van der Waals surface area contributed by atoms with Crippen LogP contribution in [-0.2, 0) is 46.2 Å². The molecule has 1 aliphatic carbocycles. The Balaban J connectivity index is 0.987. The summed E-state index contributed by atoms with van der Waals surface area (Å²) in [6.07, 6.45) is 2.29. The summed E-state index contributed by atoms with van der Waals surface area (Å²) in [7, 11) is 1.69. The van der Waals surface area contributed by atoms with Crippen LogP contribution < -0.4 is 0 Å². The maximum atomic E-state index is 14.3. The number of carbonyl (C=O) groups excluding carboxylic acids is 4. The van der Waals surface area contributed by atoms with Crippen LogP contribution in [0.2, 0.25) is 0 Å². The van der Waals surface area contributed by atoms with Crippen LogP contribution in [-0.4, -0.2) is 118 Å². The van der Waals surface area contributed by atoms with E-state index < -0.39 is 40.8 Å². The summed E-state index contributed by atoms with van der Waals surface area (Å²) in [5, 5.41) is 3.29. The van der Waals surface area contributed by atoms with E-state index in [1.54, 1.807) is 48.7 Å². The number of amides is 3. The van der Waals surface area contributed by atoms with Crippen LogP contribution in [0.3, 0.4) is 0 Å². The maximum absolute atomic E-state index is 14.3. The summed E-state index contributed by atoms with van der Waals surface area (Å²) in [5.74, 6) is -0.599. The molecule has 9 rings (SSSR count). The first-order chi connectivity index (χ1) is 36.1. The molecule has 0 N–H and O–H groups in total. The molecule has 5 atom stereocenters. The lowest BCUT2D eigenvalue weighted by Crippen LogP contribution is -2.61. The first-order valence-electron chi connectivity index (χ1n) is 26.8. The van der Waals surface area contributed by atoms with Gasteiger partial charge in [0.25, 0.3) is 0 Å².